The van der Waals surface area contributed by atoms with Gasteiger partial charge in [-0.25, -0.2) is 9.59 Å². The van der Waals surface area contributed by atoms with Gasteiger partial charge in [-0.3, -0.25) is 0 Å². The zero-order valence-electron chi connectivity index (χ0n) is 16.1. The van der Waals surface area contributed by atoms with Gasteiger partial charge in [0.1, 0.15) is 11.4 Å². The molecule has 2 rings (SSSR count). The Morgan fingerprint density at radius 3 is 2.15 bits per heavy atom. The topological polar surface area (TPSA) is 65.1 Å². The summed E-state index contributed by atoms with van der Waals surface area (Å²) < 4.78 is 15.6. The van der Waals surface area contributed by atoms with Crippen molar-refractivity contribution in [2.24, 2.45) is 0 Å². The molecule has 0 bridgehead atoms. The van der Waals surface area contributed by atoms with Crippen molar-refractivity contribution in [3.63, 3.8) is 0 Å². The predicted octanol–water partition coefficient (Wildman–Crippen LogP) is 3.74. The van der Waals surface area contributed by atoms with E-state index in [4.69, 9.17) is 14.2 Å². The molecule has 0 saturated heterocycles. The number of hydrogen-bond donors (Lipinski definition) is 0. The summed E-state index contributed by atoms with van der Waals surface area (Å²) in [5.41, 5.74) is 0.892. The van der Waals surface area contributed by atoms with Gasteiger partial charge in [0.05, 0.1) is 25.9 Å². The molecule has 0 spiro atoms. The number of carbonyl (C=O) groups excluding carboxylic acids is 2. The molecule has 1 aromatic carbocycles. The zero-order chi connectivity index (χ0) is 19.8. The van der Waals surface area contributed by atoms with E-state index in [0.29, 0.717) is 5.69 Å². The average Bonchev–Trinajstić information content (AvgIpc) is 2.94. The summed E-state index contributed by atoms with van der Waals surface area (Å²) in [5.74, 6) is -0.501. The van der Waals surface area contributed by atoms with Crippen molar-refractivity contribution < 1.29 is 23.8 Å². The Kier molecular flexibility index (Phi) is 7.23. The molecule has 0 atom stereocenters. The number of methoxy groups -OCH3 is 2. The van der Waals surface area contributed by atoms with Crippen LogP contribution in [0.1, 0.15) is 26.7 Å². The lowest BCUT2D eigenvalue weighted by Gasteiger charge is -2.23. The minimum absolute atomic E-state index is 0.0861. The summed E-state index contributed by atoms with van der Waals surface area (Å²) in [4.78, 5) is 26.2. The minimum atomic E-state index is -0.635. The molecule has 1 aliphatic rings. The summed E-state index contributed by atoms with van der Waals surface area (Å²) in [7, 11) is 2.54. The lowest BCUT2D eigenvalue weighted by atomic mass is 10.1. The quantitative estimate of drug-likeness (QED) is 0.680. The number of esters is 2. The van der Waals surface area contributed by atoms with Gasteiger partial charge in [-0.1, -0.05) is 19.9 Å². The van der Waals surface area contributed by atoms with Crippen LogP contribution in [0.25, 0.3) is 0 Å². The van der Waals surface area contributed by atoms with E-state index < -0.39 is 11.9 Å². The van der Waals surface area contributed by atoms with Crippen molar-refractivity contribution in [3.05, 3.63) is 60.0 Å². The number of benzene rings is 1. The molecule has 0 amide bonds. The van der Waals surface area contributed by atoms with Crippen molar-refractivity contribution in [1.82, 2.24) is 0 Å². The second kappa shape index (κ2) is 9.62. The maximum absolute atomic E-state index is 12.4. The van der Waals surface area contributed by atoms with E-state index in [-0.39, 0.29) is 17.4 Å². The fraction of sp³-hybridized carbons (Fsp3) is 0.333. The minimum Gasteiger partial charge on any atom is -0.490 e. The first-order valence-electron chi connectivity index (χ1n) is 8.87. The molecular weight excluding hydrogens is 346 g/mol. The number of carbonyl (C=O) groups is 2. The molecule has 0 N–H and O–H groups in total. The first-order chi connectivity index (χ1) is 13.0. The second-order valence-electron chi connectivity index (χ2n) is 5.87. The Bertz CT molecular complexity index is 757. The highest BCUT2D eigenvalue weighted by Gasteiger charge is 2.27. The van der Waals surface area contributed by atoms with Gasteiger partial charge >= 0.3 is 11.9 Å². The molecule has 0 unspecified atom stereocenters. The molecule has 6 heteroatoms. The zero-order valence-corrected chi connectivity index (χ0v) is 16.1. The van der Waals surface area contributed by atoms with Gasteiger partial charge in [0.25, 0.3) is 0 Å². The number of rotatable bonds is 7. The van der Waals surface area contributed by atoms with Gasteiger partial charge in [-0.05, 0) is 49.3 Å². The summed E-state index contributed by atoms with van der Waals surface area (Å²) in [6, 6.07) is 7.33. The van der Waals surface area contributed by atoms with Crippen LogP contribution in [0.5, 0.6) is 5.75 Å². The van der Waals surface area contributed by atoms with Gasteiger partial charge in [0, 0.05) is 11.9 Å². The summed E-state index contributed by atoms with van der Waals surface area (Å²) in [5, 5.41) is 0. The molecule has 0 saturated carbocycles. The monoisotopic (exact) mass is 371 g/mol. The fourth-order valence-electron chi connectivity index (χ4n) is 2.70. The van der Waals surface area contributed by atoms with Crippen LogP contribution in [-0.4, -0.2) is 32.3 Å². The molecule has 1 aromatic rings. The van der Waals surface area contributed by atoms with E-state index in [1.54, 1.807) is 23.3 Å². The Hall–Kier alpha value is -3.02. The normalized spacial score (nSPS) is 13.6. The smallest absolute Gasteiger partial charge is 0.355 e. The van der Waals surface area contributed by atoms with Crippen LogP contribution in [0.3, 0.4) is 0 Å². The molecule has 0 aliphatic carbocycles. The molecule has 0 aromatic heterocycles. The van der Waals surface area contributed by atoms with E-state index in [9.17, 15) is 9.59 Å². The van der Waals surface area contributed by atoms with E-state index in [1.165, 1.54) is 20.3 Å². The van der Waals surface area contributed by atoms with Crippen LogP contribution in [-0.2, 0) is 19.1 Å². The van der Waals surface area contributed by atoms with Gasteiger partial charge in [-0.2, -0.15) is 0 Å². The second-order valence-corrected chi connectivity index (χ2v) is 5.87. The van der Waals surface area contributed by atoms with E-state index in [1.807, 2.05) is 24.3 Å². The molecule has 1 heterocycles. The Labute approximate surface area is 159 Å². The number of ether oxygens (including phenoxy) is 3. The summed E-state index contributed by atoms with van der Waals surface area (Å²) >= 11 is 0. The van der Waals surface area contributed by atoms with Gasteiger partial charge in [-0.15, -0.1) is 0 Å². The van der Waals surface area contributed by atoms with Crippen LogP contribution >= 0.6 is 0 Å². The lowest BCUT2D eigenvalue weighted by Crippen LogP contribution is -2.26. The average molecular weight is 371 g/mol. The van der Waals surface area contributed by atoms with E-state index in [0.717, 1.165) is 18.6 Å². The first kappa shape index (κ1) is 20.3. The molecule has 144 valence electrons. The third kappa shape index (κ3) is 4.78. The molecular formula is C21H25NO5. The van der Waals surface area contributed by atoms with Crippen molar-refractivity contribution >= 4 is 17.6 Å². The molecule has 6 nitrogen and oxygen atoms in total. The van der Waals surface area contributed by atoms with Gasteiger partial charge in [0.2, 0.25) is 0 Å². The maximum Gasteiger partial charge on any atom is 0.355 e. The van der Waals surface area contributed by atoms with Crippen LogP contribution in [0, 0.1) is 0 Å². The van der Waals surface area contributed by atoms with Gasteiger partial charge < -0.3 is 19.1 Å². The SMILES string of the molecule is CCC(CC)Oc1ccc(N2C=CC=CC(C(=O)OC)=C2C(=O)OC)cc1. The third-order valence-corrected chi connectivity index (χ3v) is 4.22. The van der Waals surface area contributed by atoms with Crippen LogP contribution < -0.4 is 9.64 Å². The molecule has 27 heavy (non-hydrogen) atoms. The van der Waals surface area contributed by atoms with Crippen molar-refractivity contribution in [3.8, 4) is 5.75 Å². The fourth-order valence-corrected chi connectivity index (χ4v) is 2.70. The van der Waals surface area contributed by atoms with Crippen molar-refractivity contribution in [2.45, 2.75) is 32.8 Å². The number of hydrogen-bond acceptors (Lipinski definition) is 6. The van der Waals surface area contributed by atoms with Crippen molar-refractivity contribution in [2.75, 3.05) is 19.1 Å². The van der Waals surface area contributed by atoms with Crippen LogP contribution in [0.4, 0.5) is 5.69 Å². The maximum atomic E-state index is 12.4. The predicted molar refractivity (Wildman–Crippen MR) is 103 cm³/mol. The van der Waals surface area contributed by atoms with Crippen LogP contribution in [0.2, 0.25) is 0 Å². The highest BCUT2D eigenvalue weighted by molar-refractivity contribution is 6.05. The number of anilines is 1. The van der Waals surface area contributed by atoms with Gasteiger partial charge in [0.15, 0.2) is 0 Å². The standard InChI is InChI=1S/C21H25NO5/c1-5-16(6-2)27-17-12-10-15(11-13-17)22-14-8-7-9-18(20(23)25-3)19(22)21(24)26-4/h7-14,16H,5-6H2,1-4H3. The summed E-state index contributed by atoms with van der Waals surface area (Å²) in [6.07, 6.45) is 8.63. The van der Waals surface area contributed by atoms with E-state index in [2.05, 4.69) is 13.8 Å². The third-order valence-electron chi connectivity index (χ3n) is 4.22. The Morgan fingerprint density at radius 1 is 0.963 bits per heavy atom. The molecule has 0 radical (unpaired) electrons. The Balaban J connectivity index is 2.42. The number of nitrogens with zero attached hydrogens (tertiary/aromatic N) is 1. The Morgan fingerprint density at radius 2 is 1.59 bits per heavy atom. The highest BCUT2D eigenvalue weighted by Crippen LogP contribution is 2.28. The largest absolute Gasteiger partial charge is 0.490 e. The number of allylic oxidation sites excluding steroid dienone is 2. The summed E-state index contributed by atoms with van der Waals surface area (Å²) in [6.45, 7) is 4.17. The highest BCUT2D eigenvalue weighted by atomic mass is 16.5. The van der Waals surface area contributed by atoms with E-state index >= 15 is 0 Å². The van der Waals surface area contributed by atoms with Crippen LogP contribution in [0.15, 0.2) is 60.0 Å². The van der Waals surface area contributed by atoms with Crippen molar-refractivity contribution in [1.29, 1.82) is 0 Å². The molecule has 0 fully saturated rings. The first-order valence-corrected chi connectivity index (χ1v) is 8.87. The lowest BCUT2D eigenvalue weighted by molar-refractivity contribution is -0.139. The molecule has 1 aliphatic heterocycles.